The van der Waals surface area contributed by atoms with E-state index in [0.717, 1.165) is 28.1 Å². The predicted molar refractivity (Wildman–Crippen MR) is 114 cm³/mol. The van der Waals surface area contributed by atoms with Crippen LogP contribution in [0.5, 0.6) is 5.75 Å². The number of ketones is 1. The van der Waals surface area contributed by atoms with Gasteiger partial charge < -0.3 is 14.4 Å². The Bertz CT molecular complexity index is 897. The first kappa shape index (κ1) is 20.6. The topological polar surface area (TPSA) is 55.8 Å². The minimum absolute atomic E-state index is 0.206. The van der Waals surface area contributed by atoms with Crippen molar-refractivity contribution in [3.05, 3.63) is 65.7 Å². The maximum absolute atomic E-state index is 13.0. The van der Waals surface area contributed by atoms with E-state index in [-0.39, 0.29) is 18.3 Å². The summed E-state index contributed by atoms with van der Waals surface area (Å²) < 4.78 is 10.4. The summed E-state index contributed by atoms with van der Waals surface area (Å²) in [5.74, 6) is -0.981. The minimum atomic E-state index is -0.817. The molecule has 1 aliphatic carbocycles. The van der Waals surface area contributed by atoms with Gasteiger partial charge in [0.15, 0.2) is 5.78 Å². The number of benzene rings is 2. The van der Waals surface area contributed by atoms with E-state index in [4.69, 9.17) is 9.47 Å². The number of nitrogens with zero attached hydrogens (tertiary/aromatic N) is 1. The van der Waals surface area contributed by atoms with Gasteiger partial charge in [0.25, 0.3) is 0 Å². The Morgan fingerprint density at radius 3 is 2.28 bits per heavy atom. The van der Waals surface area contributed by atoms with Crippen molar-refractivity contribution in [2.45, 2.75) is 19.3 Å². The molecule has 0 radical (unpaired) electrons. The van der Waals surface area contributed by atoms with E-state index in [1.54, 1.807) is 20.1 Å². The zero-order chi connectivity index (χ0) is 21.0. The first-order valence-electron chi connectivity index (χ1n) is 9.77. The lowest BCUT2D eigenvalue weighted by molar-refractivity contribution is -0.151. The van der Waals surface area contributed by atoms with Crippen LogP contribution in [-0.2, 0) is 14.3 Å². The first-order valence-corrected chi connectivity index (χ1v) is 9.77. The van der Waals surface area contributed by atoms with E-state index in [1.807, 2.05) is 67.5 Å². The minimum Gasteiger partial charge on any atom is -0.497 e. The number of rotatable bonds is 6. The fourth-order valence-electron chi connectivity index (χ4n) is 3.72. The van der Waals surface area contributed by atoms with Crippen molar-refractivity contribution in [3.63, 3.8) is 0 Å². The smallest absolute Gasteiger partial charge is 0.317 e. The number of methoxy groups -OCH3 is 1. The predicted octanol–water partition coefficient (Wildman–Crippen LogP) is 4.08. The second kappa shape index (κ2) is 8.95. The Hall–Kier alpha value is -3.08. The molecule has 0 saturated heterocycles. The fourth-order valence-corrected chi connectivity index (χ4v) is 3.72. The number of anilines is 1. The van der Waals surface area contributed by atoms with E-state index in [9.17, 15) is 9.59 Å². The van der Waals surface area contributed by atoms with Crippen molar-refractivity contribution < 1.29 is 19.1 Å². The summed E-state index contributed by atoms with van der Waals surface area (Å²) in [5.41, 5.74) is 3.90. The largest absolute Gasteiger partial charge is 0.497 e. The zero-order valence-corrected chi connectivity index (χ0v) is 17.3. The molecule has 29 heavy (non-hydrogen) atoms. The molecule has 152 valence electrons. The molecule has 2 atom stereocenters. The van der Waals surface area contributed by atoms with Gasteiger partial charge in [-0.15, -0.1) is 0 Å². The van der Waals surface area contributed by atoms with Crippen LogP contribution in [0.15, 0.2) is 54.6 Å². The lowest BCUT2D eigenvalue weighted by Gasteiger charge is -2.30. The average Bonchev–Trinajstić information content (AvgIpc) is 2.73. The molecule has 0 bridgehead atoms. The first-order chi connectivity index (χ1) is 13.9. The van der Waals surface area contributed by atoms with Gasteiger partial charge in [-0.2, -0.15) is 0 Å². The van der Waals surface area contributed by atoms with Crippen LogP contribution in [-0.4, -0.2) is 39.6 Å². The number of hydrogen-bond acceptors (Lipinski definition) is 5. The van der Waals surface area contributed by atoms with Crippen LogP contribution in [0.3, 0.4) is 0 Å². The second-order valence-electron chi connectivity index (χ2n) is 7.33. The summed E-state index contributed by atoms with van der Waals surface area (Å²) in [6, 6.07) is 15.6. The molecular formula is C24H27NO4. The lowest BCUT2D eigenvalue weighted by atomic mass is 9.73. The zero-order valence-electron chi connectivity index (χ0n) is 17.3. The van der Waals surface area contributed by atoms with Gasteiger partial charge in [0.2, 0.25) is 0 Å². The third-order valence-corrected chi connectivity index (χ3v) is 5.30. The van der Waals surface area contributed by atoms with E-state index < -0.39 is 11.9 Å². The van der Waals surface area contributed by atoms with Gasteiger partial charge in [0.05, 0.1) is 13.7 Å². The van der Waals surface area contributed by atoms with Gasteiger partial charge in [-0.1, -0.05) is 24.3 Å². The van der Waals surface area contributed by atoms with Crippen molar-refractivity contribution in [1.82, 2.24) is 0 Å². The highest BCUT2D eigenvalue weighted by Crippen LogP contribution is 2.41. The number of hydrogen-bond donors (Lipinski definition) is 0. The molecule has 0 aliphatic heterocycles. The summed E-state index contributed by atoms with van der Waals surface area (Å²) in [7, 11) is 5.58. The van der Waals surface area contributed by atoms with Crippen LogP contribution in [0.2, 0.25) is 0 Å². The molecule has 5 heteroatoms. The normalized spacial score (nSPS) is 18.8. The highest BCUT2D eigenvalue weighted by Gasteiger charge is 2.39. The molecule has 0 saturated carbocycles. The lowest BCUT2D eigenvalue weighted by Crippen LogP contribution is -2.34. The molecule has 2 aromatic rings. The molecule has 0 amide bonds. The quantitative estimate of drug-likeness (QED) is 0.547. The van der Waals surface area contributed by atoms with Gasteiger partial charge in [-0.05, 0) is 60.4 Å². The molecule has 0 unspecified atom stereocenters. The second-order valence-corrected chi connectivity index (χ2v) is 7.33. The Labute approximate surface area is 171 Å². The highest BCUT2D eigenvalue weighted by atomic mass is 16.5. The van der Waals surface area contributed by atoms with E-state index in [0.29, 0.717) is 6.42 Å². The Kier molecular flexibility index (Phi) is 6.37. The van der Waals surface area contributed by atoms with Crippen LogP contribution < -0.4 is 9.64 Å². The van der Waals surface area contributed by atoms with E-state index in [2.05, 4.69) is 0 Å². The van der Waals surface area contributed by atoms with Gasteiger partial charge in [0.1, 0.15) is 11.7 Å². The number of ether oxygens (including phenoxy) is 2. The number of esters is 1. The summed E-state index contributed by atoms with van der Waals surface area (Å²) >= 11 is 0. The maximum Gasteiger partial charge on any atom is 0.317 e. The monoisotopic (exact) mass is 393 g/mol. The maximum atomic E-state index is 13.0. The number of allylic oxidation sites excluding steroid dienone is 2. The van der Waals surface area contributed by atoms with Crippen molar-refractivity contribution >= 4 is 23.0 Å². The van der Waals surface area contributed by atoms with Crippen LogP contribution in [0.4, 0.5) is 5.69 Å². The van der Waals surface area contributed by atoms with Gasteiger partial charge in [0, 0.05) is 25.7 Å². The molecule has 5 nitrogen and oxygen atoms in total. The molecule has 0 fully saturated rings. The molecule has 3 rings (SSSR count). The Morgan fingerprint density at radius 2 is 1.72 bits per heavy atom. The third kappa shape index (κ3) is 4.50. The van der Waals surface area contributed by atoms with Gasteiger partial charge in [-0.25, -0.2) is 0 Å². The third-order valence-electron chi connectivity index (χ3n) is 5.30. The molecular weight excluding hydrogens is 366 g/mol. The van der Waals surface area contributed by atoms with E-state index in [1.165, 1.54) is 0 Å². The number of carbonyl (C=O) groups is 2. The van der Waals surface area contributed by atoms with Crippen LogP contribution in [0.1, 0.15) is 30.4 Å². The molecule has 0 N–H and O–H groups in total. The highest BCUT2D eigenvalue weighted by molar-refractivity contribution is 6.10. The van der Waals surface area contributed by atoms with Crippen molar-refractivity contribution in [2.24, 2.45) is 5.92 Å². The summed E-state index contributed by atoms with van der Waals surface area (Å²) in [4.78, 5) is 27.6. The molecule has 2 aromatic carbocycles. The Balaban J connectivity index is 1.98. The van der Waals surface area contributed by atoms with Crippen LogP contribution in [0, 0.1) is 5.92 Å². The van der Waals surface area contributed by atoms with Crippen molar-refractivity contribution in [1.29, 1.82) is 0 Å². The van der Waals surface area contributed by atoms with Crippen molar-refractivity contribution in [3.8, 4) is 5.75 Å². The van der Waals surface area contributed by atoms with Crippen molar-refractivity contribution in [2.75, 3.05) is 32.7 Å². The molecule has 0 heterocycles. The Morgan fingerprint density at radius 1 is 1.07 bits per heavy atom. The SMILES string of the molecule is CCOC(=O)[C@@H]1C(=O)C=C(c2ccc(OC)cc2)C[C@@H]1c1ccc(N(C)C)cc1. The summed E-state index contributed by atoms with van der Waals surface area (Å²) in [6.45, 7) is 2.01. The molecule has 0 aromatic heterocycles. The summed E-state index contributed by atoms with van der Waals surface area (Å²) in [5, 5.41) is 0. The summed E-state index contributed by atoms with van der Waals surface area (Å²) in [6.07, 6.45) is 2.18. The standard InChI is InChI=1S/C24H27NO4/c1-5-29-24(27)23-21(17-6-10-19(11-7-17)25(2)3)14-18(15-22(23)26)16-8-12-20(28-4)13-9-16/h6-13,15,21,23H,5,14H2,1-4H3/t21-,23+/m1/s1. The van der Waals surface area contributed by atoms with Gasteiger partial charge in [-0.3, -0.25) is 9.59 Å². The molecule has 0 spiro atoms. The average molecular weight is 393 g/mol. The van der Waals surface area contributed by atoms with Gasteiger partial charge >= 0.3 is 5.97 Å². The van der Waals surface area contributed by atoms with E-state index >= 15 is 0 Å². The van der Waals surface area contributed by atoms with Crippen LogP contribution in [0.25, 0.3) is 5.57 Å². The van der Waals surface area contributed by atoms with Crippen LogP contribution >= 0.6 is 0 Å². The number of carbonyl (C=O) groups excluding carboxylic acids is 2. The molecule has 1 aliphatic rings. The fraction of sp³-hybridized carbons (Fsp3) is 0.333.